The Bertz CT molecular complexity index is 1600. The van der Waals surface area contributed by atoms with Crippen molar-refractivity contribution in [2.45, 2.75) is 6.04 Å². The molecule has 36 heavy (non-hydrogen) atoms. The van der Waals surface area contributed by atoms with Gasteiger partial charge < -0.3 is 10.6 Å². The van der Waals surface area contributed by atoms with Gasteiger partial charge in [-0.2, -0.15) is 20.7 Å². The first-order chi connectivity index (χ1) is 17.5. The predicted octanol–water partition coefficient (Wildman–Crippen LogP) is 7.27. The highest BCUT2D eigenvalue weighted by Crippen LogP contribution is 2.39. The minimum Gasteiger partial charge on any atom is -0.371 e. The molecular formula is C25H15Cl3FN7. The summed E-state index contributed by atoms with van der Waals surface area (Å²) in [6.07, 6.45) is 3.03. The number of nitrogens with one attached hydrogen (secondary N) is 3. The van der Waals surface area contributed by atoms with Gasteiger partial charge >= 0.3 is 0 Å². The number of pyridine rings is 1. The average molecular weight is 539 g/mol. The minimum atomic E-state index is -0.742. The molecule has 0 aliphatic carbocycles. The van der Waals surface area contributed by atoms with Gasteiger partial charge in [0.05, 0.1) is 50.4 Å². The van der Waals surface area contributed by atoms with Crippen LogP contribution in [0.1, 0.15) is 22.9 Å². The van der Waals surface area contributed by atoms with Crippen molar-refractivity contribution < 1.29 is 4.39 Å². The molecule has 0 radical (unpaired) electrons. The molecule has 0 unspecified atom stereocenters. The Balaban J connectivity index is 1.65. The van der Waals surface area contributed by atoms with Gasteiger partial charge in [0.1, 0.15) is 11.8 Å². The summed E-state index contributed by atoms with van der Waals surface area (Å²) in [5.74, 6) is -0.742. The van der Waals surface area contributed by atoms with Crippen LogP contribution < -0.4 is 10.6 Å². The number of nitrogens with zero attached hydrogens (tertiary/aromatic N) is 4. The summed E-state index contributed by atoms with van der Waals surface area (Å²) in [4.78, 5) is 4.51. The van der Waals surface area contributed by atoms with Crippen molar-refractivity contribution in [3.63, 3.8) is 0 Å². The number of aromatic nitrogens is 4. The smallest absolute Gasteiger partial charge is 0.166 e. The molecule has 3 aromatic carbocycles. The molecule has 0 saturated carbocycles. The summed E-state index contributed by atoms with van der Waals surface area (Å²) in [7, 11) is 0. The van der Waals surface area contributed by atoms with E-state index in [4.69, 9.17) is 34.8 Å². The van der Waals surface area contributed by atoms with Crippen molar-refractivity contribution in [1.29, 1.82) is 5.26 Å². The van der Waals surface area contributed by atoms with Crippen LogP contribution in [0.2, 0.25) is 15.1 Å². The predicted molar refractivity (Wildman–Crippen MR) is 139 cm³/mol. The van der Waals surface area contributed by atoms with Gasteiger partial charge in [-0.3, -0.25) is 4.98 Å². The number of anilines is 3. The third-order valence-electron chi connectivity index (χ3n) is 5.51. The van der Waals surface area contributed by atoms with Crippen molar-refractivity contribution in [3.05, 3.63) is 105 Å². The van der Waals surface area contributed by atoms with E-state index in [0.29, 0.717) is 33.0 Å². The molecule has 0 fully saturated rings. The zero-order chi connectivity index (χ0) is 25.2. The maximum atomic E-state index is 14.8. The van der Waals surface area contributed by atoms with Crippen LogP contribution in [0.25, 0.3) is 10.9 Å². The number of halogens is 4. The molecule has 0 aliphatic rings. The van der Waals surface area contributed by atoms with Crippen LogP contribution in [-0.4, -0.2) is 20.4 Å². The van der Waals surface area contributed by atoms with Crippen molar-refractivity contribution in [2.24, 2.45) is 0 Å². The molecule has 0 spiro atoms. The number of benzene rings is 3. The highest BCUT2D eigenvalue weighted by atomic mass is 35.5. The van der Waals surface area contributed by atoms with E-state index in [1.807, 2.05) is 30.3 Å². The second-order valence-corrected chi connectivity index (χ2v) is 8.96. The number of rotatable bonds is 6. The second kappa shape index (κ2) is 9.99. The zero-order valence-electron chi connectivity index (χ0n) is 18.2. The largest absolute Gasteiger partial charge is 0.371 e. The third kappa shape index (κ3) is 4.52. The molecule has 2 aromatic heterocycles. The van der Waals surface area contributed by atoms with E-state index in [2.05, 4.69) is 37.1 Å². The molecule has 0 aliphatic heterocycles. The third-order valence-corrected chi connectivity index (χ3v) is 6.51. The number of hydrogen-bond acceptors (Lipinski definition) is 6. The van der Waals surface area contributed by atoms with Gasteiger partial charge in [0.2, 0.25) is 0 Å². The van der Waals surface area contributed by atoms with Crippen LogP contribution in [0.3, 0.4) is 0 Å². The molecule has 7 nitrogen and oxygen atoms in total. The Hall–Kier alpha value is -3.90. The summed E-state index contributed by atoms with van der Waals surface area (Å²) in [6.45, 7) is 0. The summed E-state index contributed by atoms with van der Waals surface area (Å²) in [6, 6.07) is 17.7. The minimum absolute atomic E-state index is 0.0487. The molecule has 5 rings (SSSR count). The SMILES string of the molecule is N#Cc1cnc2c(N[C@@H](c3ccccc3)c3cn[nH]n3)cc(Cl)cc2c1Nc1ccc(Cl)c(Cl)c1F. The Labute approximate surface area is 219 Å². The van der Waals surface area contributed by atoms with E-state index >= 15 is 0 Å². The van der Waals surface area contributed by atoms with Gasteiger partial charge in [-0.25, -0.2) is 4.39 Å². The lowest BCUT2D eigenvalue weighted by Gasteiger charge is -2.21. The molecular weight excluding hydrogens is 524 g/mol. The molecule has 1 atom stereocenters. The maximum Gasteiger partial charge on any atom is 0.166 e. The zero-order valence-corrected chi connectivity index (χ0v) is 20.5. The van der Waals surface area contributed by atoms with Crippen molar-refractivity contribution in [3.8, 4) is 6.07 Å². The summed E-state index contributed by atoms with van der Waals surface area (Å²) in [5.41, 5.74) is 3.24. The van der Waals surface area contributed by atoms with Gasteiger partial charge in [-0.15, -0.1) is 0 Å². The first-order valence-corrected chi connectivity index (χ1v) is 11.7. The van der Waals surface area contributed by atoms with Crippen molar-refractivity contribution >= 4 is 62.8 Å². The highest BCUT2D eigenvalue weighted by molar-refractivity contribution is 6.42. The van der Waals surface area contributed by atoms with Crippen LogP contribution in [0.15, 0.2) is 67.0 Å². The Morgan fingerprint density at radius 3 is 2.53 bits per heavy atom. The highest BCUT2D eigenvalue weighted by Gasteiger charge is 2.21. The quantitative estimate of drug-likeness (QED) is 0.197. The van der Waals surface area contributed by atoms with Crippen LogP contribution >= 0.6 is 34.8 Å². The van der Waals surface area contributed by atoms with Gasteiger partial charge in [0.15, 0.2) is 5.82 Å². The fourth-order valence-electron chi connectivity index (χ4n) is 3.83. The average Bonchev–Trinajstić information content (AvgIpc) is 3.43. The summed E-state index contributed by atoms with van der Waals surface area (Å²) < 4.78 is 14.8. The molecule has 0 amide bonds. The lowest BCUT2D eigenvalue weighted by molar-refractivity contribution is 0.632. The topological polar surface area (TPSA) is 102 Å². The first-order valence-electron chi connectivity index (χ1n) is 10.6. The van der Waals surface area contributed by atoms with Gasteiger partial charge in [0.25, 0.3) is 0 Å². The number of nitriles is 1. The van der Waals surface area contributed by atoms with E-state index in [1.54, 1.807) is 18.3 Å². The van der Waals surface area contributed by atoms with E-state index < -0.39 is 5.82 Å². The van der Waals surface area contributed by atoms with Crippen molar-refractivity contribution in [2.75, 3.05) is 10.6 Å². The normalized spacial score (nSPS) is 11.8. The first kappa shape index (κ1) is 23.8. The molecule has 0 bridgehead atoms. The summed E-state index contributed by atoms with van der Waals surface area (Å²) in [5, 5.41) is 27.7. The number of hydrogen-bond donors (Lipinski definition) is 3. The van der Waals surface area contributed by atoms with Crippen molar-refractivity contribution in [1.82, 2.24) is 20.4 Å². The Kier molecular flexibility index (Phi) is 6.61. The number of fused-ring (bicyclic) bond motifs is 1. The fourth-order valence-corrected chi connectivity index (χ4v) is 4.36. The van der Waals surface area contributed by atoms with E-state index in [1.165, 1.54) is 18.3 Å². The van der Waals surface area contributed by atoms with Crippen LogP contribution in [-0.2, 0) is 0 Å². The molecule has 178 valence electrons. The summed E-state index contributed by atoms with van der Waals surface area (Å²) >= 11 is 18.4. The fraction of sp³-hybridized carbons (Fsp3) is 0.0400. The Morgan fingerprint density at radius 2 is 1.81 bits per heavy atom. The second-order valence-electron chi connectivity index (χ2n) is 7.74. The van der Waals surface area contributed by atoms with Gasteiger partial charge in [-0.05, 0) is 29.8 Å². The van der Waals surface area contributed by atoms with Crippen LogP contribution in [0, 0.1) is 17.1 Å². The standard InChI is InChI=1S/C25H15Cl3FN7/c26-15-8-16-23(33-18-7-6-17(27)21(28)22(18)29)14(10-30)11-31-25(16)19(9-15)34-24(20-12-32-36-35-20)13-4-2-1-3-5-13/h1-9,11-12,24,34H,(H,31,33)(H,32,35,36)/t24-/m0/s1. The molecule has 2 heterocycles. The molecule has 11 heteroatoms. The van der Waals surface area contributed by atoms with E-state index in [9.17, 15) is 9.65 Å². The number of H-pyrrole nitrogens is 1. The number of aromatic amines is 1. The monoisotopic (exact) mass is 537 g/mol. The van der Waals surface area contributed by atoms with Gasteiger partial charge in [-0.1, -0.05) is 65.1 Å². The van der Waals surface area contributed by atoms with E-state index in [-0.39, 0.29) is 27.3 Å². The maximum absolute atomic E-state index is 14.8. The molecule has 5 aromatic rings. The molecule has 0 saturated heterocycles. The lowest BCUT2D eigenvalue weighted by atomic mass is 10.0. The van der Waals surface area contributed by atoms with Crippen LogP contribution in [0.5, 0.6) is 0 Å². The lowest BCUT2D eigenvalue weighted by Crippen LogP contribution is -2.13. The van der Waals surface area contributed by atoms with Crippen LogP contribution in [0.4, 0.5) is 21.5 Å². The van der Waals surface area contributed by atoms with E-state index in [0.717, 1.165) is 5.56 Å². The Morgan fingerprint density at radius 1 is 1.00 bits per heavy atom. The van der Waals surface area contributed by atoms with Gasteiger partial charge in [0, 0.05) is 16.6 Å². The molecule has 3 N–H and O–H groups in total.